The summed E-state index contributed by atoms with van der Waals surface area (Å²) in [4.78, 5) is 79.7. The van der Waals surface area contributed by atoms with E-state index in [1.165, 1.54) is 77.0 Å². The number of β-lactam (4-membered cyclic amide) rings is 1. The summed E-state index contributed by atoms with van der Waals surface area (Å²) in [5, 5.41) is 35.3. The second-order valence-electron chi connectivity index (χ2n) is 13.9. The minimum Gasteiger partial charge on any atom is -0.456 e. The van der Waals surface area contributed by atoms with E-state index < -0.39 is 56.7 Å². The van der Waals surface area contributed by atoms with Gasteiger partial charge in [-0.3, -0.25) is 39.6 Å². The van der Waals surface area contributed by atoms with Crippen molar-refractivity contribution < 1.29 is 43.6 Å². The van der Waals surface area contributed by atoms with E-state index in [0.717, 1.165) is 19.4 Å². The number of benzene rings is 2. The number of amides is 3. The lowest BCUT2D eigenvalue weighted by atomic mass is 9.78. The van der Waals surface area contributed by atoms with Crippen LogP contribution in [0, 0.1) is 26.1 Å². The number of esters is 1. The van der Waals surface area contributed by atoms with Crippen LogP contribution in [0.25, 0.3) is 0 Å². The highest BCUT2D eigenvalue weighted by molar-refractivity contribution is 8.01. The van der Waals surface area contributed by atoms with E-state index in [4.69, 9.17) is 9.47 Å². The van der Waals surface area contributed by atoms with Gasteiger partial charge in [0, 0.05) is 36.1 Å². The second-order valence-corrected chi connectivity index (χ2v) is 15.7. The first-order valence-electron chi connectivity index (χ1n) is 17.2. The molecule has 2 aromatic carbocycles. The van der Waals surface area contributed by atoms with Gasteiger partial charge >= 0.3 is 12.1 Å². The number of nitro groups is 2. The third-order valence-electron chi connectivity index (χ3n) is 10.2. The Kier molecular flexibility index (Phi) is 10.7. The summed E-state index contributed by atoms with van der Waals surface area (Å²) in [6.45, 7) is 3.90. The lowest BCUT2D eigenvalue weighted by molar-refractivity contribution is -0.385. The van der Waals surface area contributed by atoms with Crippen molar-refractivity contribution in [2.24, 2.45) is 5.92 Å². The fourth-order valence-electron chi connectivity index (χ4n) is 7.47. The van der Waals surface area contributed by atoms with Crippen LogP contribution < -0.4 is 5.32 Å². The topological polar surface area (TPSA) is 215 Å². The number of fused-ring (bicyclic) bond motifs is 1. The monoisotopic (exact) mass is 752 g/mol. The normalized spacial score (nSPS) is 27.1. The van der Waals surface area contributed by atoms with Crippen molar-refractivity contribution in [3.05, 3.63) is 91.7 Å². The zero-order valence-corrected chi connectivity index (χ0v) is 30.1. The van der Waals surface area contributed by atoms with Gasteiger partial charge in [-0.25, -0.2) is 9.59 Å². The quantitative estimate of drug-likeness (QED) is 0.138. The highest BCUT2D eigenvalue weighted by atomic mass is 32.2. The summed E-state index contributed by atoms with van der Waals surface area (Å²) in [6.07, 6.45) is 1.59. The molecule has 3 saturated heterocycles. The third kappa shape index (κ3) is 7.70. The Morgan fingerprint density at radius 1 is 1.02 bits per heavy atom. The van der Waals surface area contributed by atoms with E-state index in [-0.39, 0.29) is 60.6 Å². The summed E-state index contributed by atoms with van der Waals surface area (Å²) in [5.74, 6) is -2.38. The zero-order valence-electron chi connectivity index (χ0n) is 29.3. The zero-order chi connectivity index (χ0) is 38.2. The Bertz CT molecular complexity index is 1820. The number of non-ortho nitro benzene ring substituents is 2. The van der Waals surface area contributed by atoms with Crippen molar-refractivity contribution in [3.8, 4) is 0 Å². The molecule has 0 bridgehead atoms. The molecule has 6 rings (SSSR count). The van der Waals surface area contributed by atoms with Crippen LogP contribution in [0.3, 0.4) is 0 Å². The lowest BCUT2D eigenvalue weighted by Crippen LogP contribution is -2.67. The number of rotatable bonds is 12. The molecule has 0 spiro atoms. The highest BCUT2D eigenvalue weighted by Crippen LogP contribution is 2.54. The number of carbonyl (C=O) groups excluding carboxylic acids is 4. The first-order chi connectivity index (χ1) is 25.2. The number of aliphatic hydroxyl groups is 1. The molecule has 2 N–H and O–H groups in total. The molecular weight excluding hydrogens is 712 g/mol. The van der Waals surface area contributed by atoms with Crippen LogP contribution in [0.15, 0.2) is 60.3 Å². The number of ether oxygens (including phenoxy) is 2. The van der Waals surface area contributed by atoms with Crippen molar-refractivity contribution in [1.82, 2.24) is 20.0 Å². The average Bonchev–Trinajstić information content (AvgIpc) is 3.80. The van der Waals surface area contributed by atoms with E-state index in [0.29, 0.717) is 11.1 Å². The Morgan fingerprint density at radius 2 is 1.60 bits per heavy atom. The van der Waals surface area contributed by atoms with E-state index in [1.54, 1.807) is 6.08 Å². The lowest BCUT2D eigenvalue weighted by Gasteiger charge is -2.50. The maximum absolute atomic E-state index is 13.7. The number of thioether (sulfide) groups is 1. The molecule has 0 aromatic heterocycles. The van der Waals surface area contributed by atoms with Crippen LogP contribution in [0.1, 0.15) is 44.2 Å². The number of likely N-dealkylation sites (tertiary alicyclic amines) is 2. The SMILES string of the molecule is C[C@@H](O)[C@H]1C(=O)N2C(C(=O)OCc3ccc([N+](=O)[O-])cc3)=C[C@@](C)(S[C@H]3C[C@@H](C(=O)NC4CCCN4C)N(C(=O)OCc4ccc([N+](=O)[O-])cc4)C3)[C@H]12. The van der Waals surface area contributed by atoms with Gasteiger partial charge in [-0.2, -0.15) is 0 Å². The van der Waals surface area contributed by atoms with E-state index >= 15 is 0 Å². The number of hydrogen-bond acceptors (Lipinski definition) is 13. The van der Waals surface area contributed by atoms with Crippen LogP contribution in [0.5, 0.6) is 0 Å². The molecule has 1 unspecified atom stereocenters. The molecule has 4 aliphatic heterocycles. The van der Waals surface area contributed by atoms with E-state index in [2.05, 4.69) is 5.32 Å². The van der Waals surface area contributed by atoms with Crippen molar-refractivity contribution in [2.75, 3.05) is 20.1 Å². The van der Waals surface area contributed by atoms with Crippen LogP contribution in [0.2, 0.25) is 0 Å². The number of nitro benzene ring substituents is 2. The molecular formula is C35H40N6O11S. The van der Waals surface area contributed by atoms with Gasteiger partial charge in [-0.1, -0.05) is 0 Å². The maximum Gasteiger partial charge on any atom is 0.410 e. The van der Waals surface area contributed by atoms with Crippen molar-refractivity contribution in [2.45, 2.75) is 80.7 Å². The summed E-state index contributed by atoms with van der Waals surface area (Å²) in [6, 6.07) is 9.61. The maximum atomic E-state index is 13.7. The molecule has 0 saturated carbocycles. The molecule has 17 nitrogen and oxygen atoms in total. The van der Waals surface area contributed by atoms with E-state index in [1.807, 2.05) is 18.9 Å². The number of aliphatic hydroxyl groups excluding tert-OH is 1. The van der Waals surface area contributed by atoms with Crippen LogP contribution in [0.4, 0.5) is 16.2 Å². The van der Waals surface area contributed by atoms with Gasteiger partial charge < -0.3 is 24.8 Å². The number of carbonyl (C=O) groups is 4. The molecule has 53 heavy (non-hydrogen) atoms. The molecule has 3 amide bonds. The average molecular weight is 753 g/mol. The first-order valence-corrected chi connectivity index (χ1v) is 18.0. The van der Waals surface area contributed by atoms with Crippen molar-refractivity contribution in [1.29, 1.82) is 0 Å². The van der Waals surface area contributed by atoms with Gasteiger partial charge in [0.15, 0.2) is 0 Å². The van der Waals surface area contributed by atoms with Gasteiger partial charge in [-0.05, 0) is 88.2 Å². The third-order valence-corrected chi connectivity index (χ3v) is 11.8. The molecule has 4 aliphatic rings. The summed E-state index contributed by atoms with van der Waals surface area (Å²) in [7, 11) is 1.91. The van der Waals surface area contributed by atoms with Gasteiger partial charge in [-0.15, -0.1) is 11.8 Å². The minimum absolute atomic E-state index is 0.00439. The second kappa shape index (κ2) is 15.1. The largest absolute Gasteiger partial charge is 0.456 e. The Balaban J connectivity index is 1.19. The molecule has 282 valence electrons. The van der Waals surface area contributed by atoms with Gasteiger partial charge in [0.05, 0.1) is 38.8 Å². The van der Waals surface area contributed by atoms with Gasteiger partial charge in [0.1, 0.15) is 25.0 Å². The van der Waals surface area contributed by atoms with Crippen molar-refractivity contribution >= 4 is 47.0 Å². The number of nitrogens with zero attached hydrogens (tertiary/aromatic N) is 5. The molecule has 18 heteroatoms. The summed E-state index contributed by atoms with van der Waals surface area (Å²) < 4.78 is 10.2. The standard InChI is InChI=1S/C35H40N6O11S/c1-20(42)29-30-35(2,16-27(39(30)32(29)44)33(45)51-18-21-6-10-23(11-7-21)40(47)48)53-25-15-26(31(43)36-28-5-4-14-37(28)3)38(17-25)34(46)52-19-22-8-12-24(13-9-22)41(49)50/h6-13,16,20,25-26,28-30,42H,4-5,14-15,17-19H2,1-3H3,(H,36,43)/t20-,25+,26+,28?,29-,30+,35-/m1/s1. The molecule has 0 radical (unpaired) electrons. The predicted octanol–water partition coefficient (Wildman–Crippen LogP) is 3.09. The fourth-order valence-corrected chi connectivity index (χ4v) is 9.28. The minimum atomic E-state index is -1.02. The van der Waals surface area contributed by atoms with Crippen molar-refractivity contribution in [3.63, 3.8) is 0 Å². The Morgan fingerprint density at radius 3 is 2.13 bits per heavy atom. The van der Waals surface area contributed by atoms with E-state index in [9.17, 15) is 44.5 Å². The van der Waals surface area contributed by atoms with Crippen LogP contribution in [-0.2, 0) is 37.1 Å². The fraction of sp³-hybridized carbons (Fsp3) is 0.486. The molecule has 0 aliphatic carbocycles. The smallest absolute Gasteiger partial charge is 0.410 e. The summed E-state index contributed by atoms with van der Waals surface area (Å²) >= 11 is 1.39. The highest BCUT2D eigenvalue weighted by Gasteiger charge is 2.64. The van der Waals surface area contributed by atoms with Gasteiger partial charge in [0.25, 0.3) is 11.4 Å². The Labute approximate surface area is 308 Å². The van der Waals surface area contributed by atoms with Gasteiger partial charge in [0.2, 0.25) is 11.8 Å². The van der Waals surface area contributed by atoms with Crippen LogP contribution in [-0.4, -0.2) is 108 Å². The predicted molar refractivity (Wildman–Crippen MR) is 189 cm³/mol. The summed E-state index contributed by atoms with van der Waals surface area (Å²) in [5.41, 5.74) is 0.821. The number of nitrogens with one attached hydrogen (secondary N) is 1. The molecule has 3 fully saturated rings. The first kappa shape index (κ1) is 37.7. The number of hydrogen-bond donors (Lipinski definition) is 2. The molecule has 2 aromatic rings. The Hall–Kier alpha value is -5.07. The van der Waals surface area contributed by atoms with Crippen LogP contribution >= 0.6 is 11.8 Å². The molecule has 4 heterocycles. The molecule has 7 atom stereocenters.